The van der Waals surface area contributed by atoms with E-state index < -0.39 is 0 Å². The second-order valence-electron chi connectivity index (χ2n) is 5.64. The number of carbonyl (C=O) groups excluding carboxylic acids is 1. The maximum atomic E-state index is 13.0. The molecule has 0 aromatic heterocycles. The summed E-state index contributed by atoms with van der Waals surface area (Å²) in [5, 5.41) is 3.11. The Balaban J connectivity index is 2.05. The van der Waals surface area contributed by atoms with Crippen LogP contribution in [-0.4, -0.2) is 11.9 Å². The lowest BCUT2D eigenvalue weighted by Gasteiger charge is -2.21. The lowest BCUT2D eigenvalue weighted by molar-refractivity contribution is 0.0926. The van der Waals surface area contributed by atoms with Gasteiger partial charge in [-0.1, -0.05) is 20.3 Å². The fraction of sp³-hybridized carbons (Fsp3) is 0.562. The van der Waals surface area contributed by atoms with Gasteiger partial charge in [0.05, 0.1) is 0 Å². The van der Waals surface area contributed by atoms with E-state index in [1.165, 1.54) is 25.0 Å². The van der Waals surface area contributed by atoms with Gasteiger partial charge in [0.2, 0.25) is 0 Å². The Hall–Kier alpha value is -1.38. The zero-order chi connectivity index (χ0) is 14.0. The number of amides is 1. The summed E-state index contributed by atoms with van der Waals surface area (Å²) < 4.78 is 13.0. The van der Waals surface area contributed by atoms with E-state index in [1.807, 2.05) is 0 Å². The maximum Gasteiger partial charge on any atom is 0.251 e. The molecule has 1 fully saturated rings. The molecular formula is C16H22FNO. The van der Waals surface area contributed by atoms with Gasteiger partial charge in [0.1, 0.15) is 5.82 Å². The lowest BCUT2D eigenvalue weighted by atomic mass is 9.93. The Morgan fingerprint density at radius 1 is 1.42 bits per heavy atom. The number of benzene rings is 1. The summed E-state index contributed by atoms with van der Waals surface area (Å²) in [6, 6.07) is 4.56. The third kappa shape index (κ3) is 2.96. The molecule has 1 N–H and O–H groups in total. The lowest BCUT2D eigenvalue weighted by Crippen LogP contribution is -2.37. The maximum absolute atomic E-state index is 13.0. The highest BCUT2D eigenvalue weighted by Gasteiger charge is 2.32. The standard InChI is InChI=1S/C16H22FNO/c1-4-12-5-8-15(11(12)3)18-16(19)14-7-6-13(17)9-10(14)2/h6-7,9,11-12,15H,4-5,8H2,1-3H3,(H,18,19). The van der Waals surface area contributed by atoms with E-state index in [4.69, 9.17) is 0 Å². The topological polar surface area (TPSA) is 29.1 Å². The number of carbonyl (C=O) groups is 1. The summed E-state index contributed by atoms with van der Waals surface area (Å²) in [4.78, 5) is 12.2. The van der Waals surface area contributed by atoms with E-state index in [0.29, 0.717) is 23.0 Å². The number of hydrogen-bond acceptors (Lipinski definition) is 1. The van der Waals surface area contributed by atoms with Crippen LogP contribution in [0.25, 0.3) is 0 Å². The number of rotatable bonds is 3. The summed E-state index contributed by atoms with van der Waals surface area (Å²) in [5.74, 6) is 0.856. The van der Waals surface area contributed by atoms with Gasteiger partial charge in [-0.3, -0.25) is 4.79 Å². The highest BCUT2D eigenvalue weighted by Crippen LogP contribution is 2.34. The molecule has 1 aliphatic rings. The average molecular weight is 263 g/mol. The van der Waals surface area contributed by atoms with Crippen LogP contribution in [0.3, 0.4) is 0 Å². The van der Waals surface area contributed by atoms with Crippen molar-refractivity contribution >= 4 is 5.91 Å². The van der Waals surface area contributed by atoms with Crippen molar-refractivity contribution in [2.75, 3.05) is 0 Å². The van der Waals surface area contributed by atoms with Crippen LogP contribution in [0.4, 0.5) is 4.39 Å². The molecule has 104 valence electrons. The smallest absolute Gasteiger partial charge is 0.251 e. The number of hydrogen-bond donors (Lipinski definition) is 1. The van der Waals surface area contributed by atoms with Gasteiger partial charge in [0, 0.05) is 11.6 Å². The Morgan fingerprint density at radius 2 is 2.16 bits per heavy atom. The molecule has 19 heavy (non-hydrogen) atoms. The molecular weight excluding hydrogens is 241 g/mol. The zero-order valence-corrected chi connectivity index (χ0v) is 11.9. The summed E-state index contributed by atoms with van der Waals surface area (Å²) >= 11 is 0. The van der Waals surface area contributed by atoms with Crippen LogP contribution in [0.2, 0.25) is 0 Å². The molecule has 2 nitrogen and oxygen atoms in total. The van der Waals surface area contributed by atoms with Crippen LogP contribution in [0, 0.1) is 24.6 Å². The Bertz CT molecular complexity index is 472. The molecule has 1 saturated carbocycles. The van der Waals surface area contributed by atoms with Crippen molar-refractivity contribution in [3.8, 4) is 0 Å². The molecule has 3 atom stereocenters. The number of halogens is 1. The fourth-order valence-electron chi connectivity index (χ4n) is 3.16. The predicted octanol–water partition coefficient (Wildman–Crippen LogP) is 3.69. The Labute approximate surface area is 114 Å². The summed E-state index contributed by atoms with van der Waals surface area (Å²) in [7, 11) is 0. The van der Waals surface area contributed by atoms with Gasteiger partial charge < -0.3 is 5.32 Å². The molecule has 0 bridgehead atoms. The molecule has 0 saturated heterocycles. The number of nitrogens with one attached hydrogen (secondary N) is 1. The van der Waals surface area contributed by atoms with Crippen LogP contribution >= 0.6 is 0 Å². The van der Waals surface area contributed by atoms with E-state index in [9.17, 15) is 9.18 Å². The largest absolute Gasteiger partial charge is 0.349 e. The molecule has 2 rings (SSSR count). The van der Waals surface area contributed by atoms with Gasteiger partial charge >= 0.3 is 0 Å². The Kier molecular flexibility index (Phi) is 4.23. The third-order valence-electron chi connectivity index (χ3n) is 4.50. The summed E-state index contributed by atoms with van der Waals surface area (Å²) in [6.45, 7) is 6.18. The fourth-order valence-corrected chi connectivity index (χ4v) is 3.16. The third-order valence-corrected chi connectivity index (χ3v) is 4.50. The first-order valence-electron chi connectivity index (χ1n) is 7.10. The van der Waals surface area contributed by atoms with E-state index in [1.54, 1.807) is 13.0 Å². The summed E-state index contributed by atoms with van der Waals surface area (Å²) in [6.07, 6.45) is 3.40. The quantitative estimate of drug-likeness (QED) is 0.885. The van der Waals surface area contributed by atoms with Crippen molar-refractivity contribution in [3.05, 3.63) is 35.1 Å². The first kappa shape index (κ1) is 14.0. The molecule has 0 heterocycles. The predicted molar refractivity (Wildman–Crippen MR) is 74.6 cm³/mol. The van der Waals surface area contributed by atoms with Crippen LogP contribution in [-0.2, 0) is 0 Å². The summed E-state index contributed by atoms with van der Waals surface area (Å²) in [5.41, 5.74) is 1.27. The molecule has 1 aromatic carbocycles. The van der Waals surface area contributed by atoms with Gasteiger partial charge in [0.15, 0.2) is 0 Å². The van der Waals surface area contributed by atoms with Gasteiger partial charge in [-0.05, 0) is 55.4 Å². The van der Waals surface area contributed by atoms with Crippen LogP contribution in [0.1, 0.15) is 49.0 Å². The van der Waals surface area contributed by atoms with E-state index >= 15 is 0 Å². The van der Waals surface area contributed by atoms with Crippen LogP contribution < -0.4 is 5.32 Å². The molecule has 1 aliphatic carbocycles. The minimum atomic E-state index is -0.297. The first-order valence-corrected chi connectivity index (χ1v) is 7.10. The minimum Gasteiger partial charge on any atom is -0.349 e. The highest BCUT2D eigenvalue weighted by atomic mass is 19.1. The van der Waals surface area contributed by atoms with Crippen molar-refractivity contribution < 1.29 is 9.18 Å². The normalized spacial score (nSPS) is 26.4. The SMILES string of the molecule is CCC1CCC(NC(=O)c2ccc(F)cc2C)C1C. The van der Waals surface area contributed by atoms with E-state index in [0.717, 1.165) is 6.42 Å². The molecule has 3 unspecified atom stereocenters. The molecule has 0 spiro atoms. The van der Waals surface area contributed by atoms with Crippen molar-refractivity contribution in [2.45, 2.75) is 46.1 Å². The Morgan fingerprint density at radius 3 is 2.74 bits per heavy atom. The monoisotopic (exact) mass is 263 g/mol. The van der Waals surface area contributed by atoms with Crippen molar-refractivity contribution in [1.29, 1.82) is 0 Å². The van der Waals surface area contributed by atoms with Gasteiger partial charge in [0.25, 0.3) is 5.91 Å². The molecule has 3 heteroatoms. The minimum absolute atomic E-state index is 0.0777. The van der Waals surface area contributed by atoms with Gasteiger partial charge in [-0.25, -0.2) is 4.39 Å². The number of aryl methyl sites for hydroxylation is 1. The van der Waals surface area contributed by atoms with Gasteiger partial charge in [-0.15, -0.1) is 0 Å². The van der Waals surface area contributed by atoms with Crippen LogP contribution in [0.5, 0.6) is 0 Å². The average Bonchev–Trinajstić information content (AvgIpc) is 2.70. The highest BCUT2D eigenvalue weighted by molar-refractivity contribution is 5.95. The molecule has 0 radical (unpaired) electrons. The first-order chi connectivity index (χ1) is 9.02. The van der Waals surface area contributed by atoms with E-state index in [2.05, 4.69) is 19.2 Å². The molecule has 1 amide bonds. The molecule has 0 aliphatic heterocycles. The van der Waals surface area contributed by atoms with Crippen molar-refractivity contribution in [1.82, 2.24) is 5.32 Å². The molecule has 1 aromatic rings. The van der Waals surface area contributed by atoms with Crippen LogP contribution in [0.15, 0.2) is 18.2 Å². The zero-order valence-electron chi connectivity index (χ0n) is 11.9. The van der Waals surface area contributed by atoms with Gasteiger partial charge in [-0.2, -0.15) is 0 Å². The van der Waals surface area contributed by atoms with E-state index in [-0.39, 0.29) is 17.8 Å². The van der Waals surface area contributed by atoms with Crippen molar-refractivity contribution in [2.24, 2.45) is 11.8 Å². The van der Waals surface area contributed by atoms with Crippen molar-refractivity contribution in [3.63, 3.8) is 0 Å². The second-order valence-corrected chi connectivity index (χ2v) is 5.64. The second kappa shape index (κ2) is 5.72.